The third kappa shape index (κ3) is 1.45. The summed E-state index contributed by atoms with van der Waals surface area (Å²) in [5.74, 6) is 1.97. The van der Waals surface area contributed by atoms with Gasteiger partial charge in [-0.15, -0.1) is 0 Å². The summed E-state index contributed by atoms with van der Waals surface area (Å²) in [5.41, 5.74) is 8.20. The van der Waals surface area contributed by atoms with Crippen LogP contribution in [0.25, 0.3) is 11.0 Å². The summed E-state index contributed by atoms with van der Waals surface area (Å²) < 4.78 is 7.43. The predicted molar refractivity (Wildman–Crippen MR) is 71.8 cm³/mol. The van der Waals surface area contributed by atoms with Gasteiger partial charge < -0.3 is 15.0 Å². The number of imidazole rings is 1. The average molecular weight is 245 g/mol. The van der Waals surface area contributed by atoms with Gasteiger partial charge in [0.2, 0.25) is 0 Å². The summed E-state index contributed by atoms with van der Waals surface area (Å²) in [7, 11) is 3.76. The number of fused-ring (bicyclic) bond motifs is 1. The Kier molecular flexibility index (Phi) is 2.55. The van der Waals surface area contributed by atoms with Gasteiger partial charge in [-0.2, -0.15) is 0 Å². The molecule has 96 valence electrons. The normalized spacial score (nSPS) is 17.7. The number of nitrogens with two attached hydrogens (primary N) is 1. The second kappa shape index (κ2) is 3.99. The van der Waals surface area contributed by atoms with Crippen molar-refractivity contribution in [3.05, 3.63) is 24.0 Å². The molecular weight excluding hydrogens is 226 g/mol. The first kappa shape index (κ1) is 11.5. The molecule has 4 nitrogen and oxygen atoms in total. The second-order valence-corrected chi connectivity index (χ2v) is 5.19. The molecule has 0 spiro atoms. The van der Waals surface area contributed by atoms with Crippen LogP contribution in [0.2, 0.25) is 0 Å². The molecule has 0 aliphatic heterocycles. The first-order valence-corrected chi connectivity index (χ1v) is 6.41. The van der Waals surface area contributed by atoms with E-state index in [9.17, 15) is 0 Å². The summed E-state index contributed by atoms with van der Waals surface area (Å²) in [5, 5.41) is 0. The third-order valence-corrected chi connectivity index (χ3v) is 4.26. The lowest BCUT2D eigenvalue weighted by atomic mass is 9.68. The molecule has 0 radical (unpaired) electrons. The van der Waals surface area contributed by atoms with Crippen molar-refractivity contribution in [2.45, 2.75) is 24.7 Å². The molecule has 3 rings (SSSR count). The van der Waals surface area contributed by atoms with Gasteiger partial charge in [-0.05, 0) is 25.0 Å². The van der Waals surface area contributed by atoms with Crippen LogP contribution in [0.3, 0.4) is 0 Å². The van der Waals surface area contributed by atoms with Gasteiger partial charge in [0.15, 0.2) is 0 Å². The zero-order chi connectivity index (χ0) is 12.8. The van der Waals surface area contributed by atoms with E-state index < -0.39 is 0 Å². The Morgan fingerprint density at radius 1 is 1.44 bits per heavy atom. The maximum absolute atomic E-state index is 5.97. The Balaban J connectivity index is 2.16. The Bertz CT molecular complexity index is 578. The minimum atomic E-state index is 0.0982. The summed E-state index contributed by atoms with van der Waals surface area (Å²) in [4.78, 5) is 4.79. The van der Waals surface area contributed by atoms with E-state index in [0.29, 0.717) is 6.54 Å². The van der Waals surface area contributed by atoms with Crippen molar-refractivity contribution in [1.29, 1.82) is 0 Å². The Morgan fingerprint density at radius 2 is 2.22 bits per heavy atom. The van der Waals surface area contributed by atoms with Crippen molar-refractivity contribution in [2.75, 3.05) is 13.7 Å². The summed E-state index contributed by atoms with van der Waals surface area (Å²) in [6.45, 7) is 0.682. The number of methoxy groups -OCH3 is 1. The molecule has 18 heavy (non-hydrogen) atoms. The number of ether oxygens (including phenoxy) is 1. The zero-order valence-corrected chi connectivity index (χ0v) is 10.9. The van der Waals surface area contributed by atoms with Gasteiger partial charge in [-0.25, -0.2) is 4.98 Å². The van der Waals surface area contributed by atoms with E-state index in [2.05, 4.69) is 17.7 Å². The molecule has 1 fully saturated rings. The lowest BCUT2D eigenvalue weighted by Crippen LogP contribution is -2.43. The van der Waals surface area contributed by atoms with Gasteiger partial charge in [-0.3, -0.25) is 0 Å². The molecule has 4 heteroatoms. The fourth-order valence-corrected chi connectivity index (χ4v) is 2.90. The molecule has 2 aromatic rings. The molecule has 1 aliphatic rings. The highest BCUT2D eigenvalue weighted by Gasteiger charge is 2.41. The van der Waals surface area contributed by atoms with Crippen LogP contribution in [0.15, 0.2) is 18.2 Å². The number of rotatable bonds is 3. The molecule has 0 bridgehead atoms. The van der Waals surface area contributed by atoms with E-state index >= 15 is 0 Å². The Labute approximate surface area is 107 Å². The van der Waals surface area contributed by atoms with Crippen molar-refractivity contribution in [3.8, 4) is 5.75 Å². The molecule has 0 saturated heterocycles. The van der Waals surface area contributed by atoms with Gasteiger partial charge in [-0.1, -0.05) is 6.42 Å². The molecule has 0 amide bonds. The quantitative estimate of drug-likeness (QED) is 0.899. The first-order chi connectivity index (χ1) is 8.70. The first-order valence-electron chi connectivity index (χ1n) is 6.41. The van der Waals surface area contributed by atoms with Crippen LogP contribution in [0.4, 0.5) is 0 Å². The van der Waals surface area contributed by atoms with Crippen molar-refractivity contribution >= 4 is 11.0 Å². The van der Waals surface area contributed by atoms with Crippen molar-refractivity contribution in [1.82, 2.24) is 9.55 Å². The number of benzene rings is 1. The Hall–Kier alpha value is -1.55. The van der Waals surface area contributed by atoms with Crippen molar-refractivity contribution in [2.24, 2.45) is 12.8 Å². The molecule has 0 atom stereocenters. The highest BCUT2D eigenvalue weighted by Crippen LogP contribution is 2.43. The maximum Gasteiger partial charge on any atom is 0.121 e. The number of hydrogen-bond donors (Lipinski definition) is 1. The van der Waals surface area contributed by atoms with E-state index in [0.717, 1.165) is 35.4 Å². The van der Waals surface area contributed by atoms with Gasteiger partial charge in [0.05, 0.1) is 18.1 Å². The lowest BCUT2D eigenvalue weighted by Gasteiger charge is -2.40. The molecule has 2 N–H and O–H groups in total. The van der Waals surface area contributed by atoms with Gasteiger partial charge in [0, 0.05) is 25.1 Å². The average Bonchev–Trinajstić information content (AvgIpc) is 2.66. The number of hydrogen-bond acceptors (Lipinski definition) is 3. The molecule has 1 saturated carbocycles. The van der Waals surface area contributed by atoms with Crippen LogP contribution in [-0.4, -0.2) is 23.2 Å². The summed E-state index contributed by atoms with van der Waals surface area (Å²) in [6.07, 6.45) is 3.55. The standard InChI is InChI=1S/C14H19N3O/c1-17-12-5-4-10(18-2)8-11(12)16-13(17)14(9-15)6-3-7-14/h4-5,8H,3,6-7,9,15H2,1-2H3. The van der Waals surface area contributed by atoms with Crippen LogP contribution in [-0.2, 0) is 12.5 Å². The fraction of sp³-hybridized carbons (Fsp3) is 0.500. The Morgan fingerprint density at radius 3 is 2.78 bits per heavy atom. The summed E-state index contributed by atoms with van der Waals surface area (Å²) >= 11 is 0. The molecule has 1 aromatic carbocycles. The van der Waals surface area contributed by atoms with Gasteiger partial charge in [0.1, 0.15) is 11.6 Å². The number of aryl methyl sites for hydroxylation is 1. The number of nitrogens with zero attached hydrogens (tertiary/aromatic N) is 2. The van der Waals surface area contributed by atoms with Crippen LogP contribution >= 0.6 is 0 Å². The lowest BCUT2D eigenvalue weighted by molar-refractivity contribution is 0.233. The van der Waals surface area contributed by atoms with Gasteiger partial charge >= 0.3 is 0 Å². The number of aromatic nitrogens is 2. The molecule has 0 unspecified atom stereocenters. The van der Waals surface area contributed by atoms with Gasteiger partial charge in [0.25, 0.3) is 0 Å². The van der Waals surface area contributed by atoms with E-state index in [1.165, 1.54) is 6.42 Å². The largest absolute Gasteiger partial charge is 0.497 e. The third-order valence-electron chi connectivity index (χ3n) is 4.26. The minimum absolute atomic E-state index is 0.0982. The highest BCUT2D eigenvalue weighted by molar-refractivity contribution is 5.78. The van der Waals surface area contributed by atoms with Crippen LogP contribution in [0.1, 0.15) is 25.1 Å². The van der Waals surface area contributed by atoms with Crippen molar-refractivity contribution < 1.29 is 4.74 Å². The van der Waals surface area contributed by atoms with Crippen LogP contribution in [0, 0.1) is 0 Å². The second-order valence-electron chi connectivity index (χ2n) is 5.19. The highest BCUT2D eigenvalue weighted by atomic mass is 16.5. The maximum atomic E-state index is 5.97. The van der Waals surface area contributed by atoms with Crippen molar-refractivity contribution in [3.63, 3.8) is 0 Å². The fourth-order valence-electron chi connectivity index (χ4n) is 2.90. The summed E-state index contributed by atoms with van der Waals surface area (Å²) in [6, 6.07) is 6.03. The predicted octanol–water partition coefficient (Wildman–Crippen LogP) is 1.96. The van der Waals surface area contributed by atoms with Crippen LogP contribution in [0.5, 0.6) is 5.75 Å². The van der Waals surface area contributed by atoms with E-state index in [-0.39, 0.29) is 5.41 Å². The van der Waals surface area contributed by atoms with Crippen LogP contribution < -0.4 is 10.5 Å². The van der Waals surface area contributed by atoms with E-state index in [4.69, 9.17) is 15.5 Å². The molecule has 1 heterocycles. The smallest absolute Gasteiger partial charge is 0.121 e. The minimum Gasteiger partial charge on any atom is -0.497 e. The van der Waals surface area contributed by atoms with E-state index in [1.54, 1.807) is 7.11 Å². The topological polar surface area (TPSA) is 53.1 Å². The zero-order valence-electron chi connectivity index (χ0n) is 10.9. The SMILES string of the molecule is COc1ccc2c(c1)nc(C1(CN)CCC1)n2C. The molecule has 1 aliphatic carbocycles. The molecular formula is C14H19N3O. The molecule has 1 aromatic heterocycles. The van der Waals surface area contributed by atoms with E-state index in [1.807, 2.05) is 12.1 Å². The monoisotopic (exact) mass is 245 g/mol.